The van der Waals surface area contributed by atoms with E-state index in [9.17, 15) is 9.90 Å². The van der Waals surface area contributed by atoms with Gasteiger partial charge >= 0.3 is 6.03 Å². The van der Waals surface area contributed by atoms with Crippen molar-refractivity contribution in [3.63, 3.8) is 0 Å². The van der Waals surface area contributed by atoms with Gasteiger partial charge in [0, 0.05) is 28.9 Å². The zero-order valence-electron chi connectivity index (χ0n) is 13.8. The average Bonchev–Trinajstić information content (AvgIpc) is 3.00. The summed E-state index contributed by atoms with van der Waals surface area (Å²) in [4.78, 5) is 16.6. The minimum absolute atomic E-state index is 0.206. The van der Waals surface area contributed by atoms with Crippen LogP contribution < -0.4 is 10.6 Å². The largest absolute Gasteiger partial charge is 0.393 e. The fourth-order valence-corrected chi connectivity index (χ4v) is 3.87. The van der Waals surface area contributed by atoms with Crippen LogP contribution in [0.2, 0.25) is 0 Å². The molecule has 0 saturated heterocycles. The second-order valence-corrected chi connectivity index (χ2v) is 7.25. The molecule has 2 amide bonds. The van der Waals surface area contributed by atoms with Gasteiger partial charge in [-0.15, -0.1) is 11.3 Å². The number of aliphatic hydroxyl groups excluding tert-OH is 1. The summed E-state index contributed by atoms with van der Waals surface area (Å²) in [6, 6.07) is 7.50. The molecule has 0 bridgehead atoms. The van der Waals surface area contributed by atoms with E-state index in [1.54, 1.807) is 11.3 Å². The van der Waals surface area contributed by atoms with Crippen molar-refractivity contribution in [2.75, 3.05) is 11.9 Å². The Labute approximate surface area is 146 Å². The Morgan fingerprint density at radius 2 is 2.29 bits per heavy atom. The molecule has 128 valence electrons. The zero-order valence-corrected chi connectivity index (χ0v) is 14.6. The number of rotatable bonds is 4. The van der Waals surface area contributed by atoms with Crippen molar-refractivity contribution in [2.24, 2.45) is 5.92 Å². The van der Waals surface area contributed by atoms with Crippen LogP contribution in [0.1, 0.15) is 31.4 Å². The van der Waals surface area contributed by atoms with Crippen molar-refractivity contribution >= 4 is 23.1 Å². The van der Waals surface area contributed by atoms with Gasteiger partial charge in [0.05, 0.1) is 6.10 Å². The Morgan fingerprint density at radius 3 is 3.04 bits per heavy atom. The number of nitrogens with one attached hydrogen (secondary N) is 2. The Hall–Kier alpha value is -1.92. The van der Waals surface area contributed by atoms with Crippen molar-refractivity contribution in [1.82, 2.24) is 10.3 Å². The lowest BCUT2D eigenvalue weighted by molar-refractivity contribution is 0.101. The third-order valence-corrected chi connectivity index (χ3v) is 5.30. The van der Waals surface area contributed by atoms with E-state index >= 15 is 0 Å². The molecule has 0 radical (unpaired) electrons. The third kappa shape index (κ3) is 4.55. The van der Waals surface area contributed by atoms with Crippen molar-refractivity contribution < 1.29 is 9.90 Å². The predicted octanol–water partition coefficient (Wildman–Crippen LogP) is 3.79. The topological polar surface area (TPSA) is 74.2 Å². The standard InChI is InChI=1S/C18H23N3O2S/c1-12-11-24-17(20-12)14-5-3-6-15(9-14)21-18(23)19-10-13-4-2-7-16(22)8-13/h3,5-6,9,11,13,16,22H,2,4,7-8,10H2,1H3,(H2,19,21,23). The predicted molar refractivity (Wildman–Crippen MR) is 97.3 cm³/mol. The zero-order chi connectivity index (χ0) is 16.9. The molecule has 2 aromatic rings. The van der Waals surface area contributed by atoms with Gasteiger partial charge in [-0.2, -0.15) is 0 Å². The molecule has 1 heterocycles. The van der Waals surface area contributed by atoms with Crippen LogP contribution in [-0.2, 0) is 0 Å². The number of aromatic nitrogens is 1. The monoisotopic (exact) mass is 345 g/mol. The first-order valence-corrected chi connectivity index (χ1v) is 9.23. The van der Waals surface area contributed by atoms with E-state index in [0.29, 0.717) is 12.5 Å². The fraction of sp³-hybridized carbons (Fsp3) is 0.444. The van der Waals surface area contributed by atoms with Crippen LogP contribution in [0.4, 0.5) is 10.5 Å². The molecule has 3 N–H and O–H groups in total. The van der Waals surface area contributed by atoms with E-state index < -0.39 is 0 Å². The average molecular weight is 345 g/mol. The summed E-state index contributed by atoms with van der Waals surface area (Å²) in [5, 5.41) is 18.4. The van der Waals surface area contributed by atoms with E-state index in [4.69, 9.17) is 0 Å². The minimum Gasteiger partial charge on any atom is -0.393 e. The van der Waals surface area contributed by atoms with Gasteiger partial charge in [-0.05, 0) is 44.2 Å². The van der Waals surface area contributed by atoms with Crippen LogP contribution >= 0.6 is 11.3 Å². The van der Waals surface area contributed by atoms with Crippen molar-refractivity contribution in [3.05, 3.63) is 35.3 Å². The summed E-state index contributed by atoms with van der Waals surface area (Å²) in [7, 11) is 0. The molecule has 1 saturated carbocycles. The van der Waals surface area contributed by atoms with E-state index in [1.807, 2.05) is 36.6 Å². The van der Waals surface area contributed by atoms with Gasteiger partial charge < -0.3 is 15.7 Å². The van der Waals surface area contributed by atoms with E-state index in [2.05, 4.69) is 15.6 Å². The molecule has 1 aliphatic rings. The number of hydrogen-bond acceptors (Lipinski definition) is 4. The fourth-order valence-electron chi connectivity index (χ4n) is 3.08. The molecule has 5 nitrogen and oxygen atoms in total. The van der Waals surface area contributed by atoms with E-state index in [1.165, 1.54) is 0 Å². The second-order valence-electron chi connectivity index (χ2n) is 6.40. The van der Waals surface area contributed by atoms with Crippen molar-refractivity contribution in [2.45, 2.75) is 38.7 Å². The highest BCUT2D eigenvalue weighted by Crippen LogP contribution is 2.26. The van der Waals surface area contributed by atoms with Crippen molar-refractivity contribution in [1.29, 1.82) is 0 Å². The molecule has 0 spiro atoms. The number of nitrogens with zero attached hydrogens (tertiary/aromatic N) is 1. The summed E-state index contributed by atoms with van der Waals surface area (Å²) in [6.45, 7) is 2.58. The number of anilines is 1. The molecule has 0 aliphatic heterocycles. The van der Waals surface area contributed by atoms with Gasteiger partial charge in [-0.25, -0.2) is 9.78 Å². The molecule has 24 heavy (non-hydrogen) atoms. The normalized spacial score (nSPS) is 20.6. The summed E-state index contributed by atoms with van der Waals surface area (Å²) in [5.41, 5.74) is 2.75. The second kappa shape index (κ2) is 7.77. The summed E-state index contributed by atoms with van der Waals surface area (Å²) in [6.07, 6.45) is 3.54. The van der Waals surface area contributed by atoms with Gasteiger partial charge in [0.25, 0.3) is 0 Å². The SMILES string of the molecule is Cc1csc(-c2cccc(NC(=O)NCC3CCCC(O)C3)c2)n1. The van der Waals surface area contributed by atoms with Crippen molar-refractivity contribution in [3.8, 4) is 10.6 Å². The number of carbonyl (C=O) groups is 1. The molecule has 1 aromatic heterocycles. The van der Waals surface area contributed by atoms with Gasteiger partial charge in [0.1, 0.15) is 5.01 Å². The van der Waals surface area contributed by atoms with Gasteiger partial charge in [0.2, 0.25) is 0 Å². The van der Waals surface area contributed by atoms with Gasteiger partial charge in [-0.3, -0.25) is 0 Å². The van der Waals surface area contributed by atoms with E-state index in [0.717, 1.165) is 47.6 Å². The maximum atomic E-state index is 12.1. The van der Waals surface area contributed by atoms with Crippen LogP contribution in [0, 0.1) is 12.8 Å². The third-order valence-electron chi connectivity index (χ3n) is 4.29. The number of aryl methyl sites for hydroxylation is 1. The highest BCUT2D eigenvalue weighted by atomic mass is 32.1. The highest BCUT2D eigenvalue weighted by molar-refractivity contribution is 7.13. The van der Waals surface area contributed by atoms with Crippen LogP contribution in [-0.4, -0.2) is 28.8 Å². The van der Waals surface area contributed by atoms with Crippen LogP contribution in [0.5, 0.6) is 0 Å². The number of urea groups is 1. The lowest BCUT2D eigenvalue weighted by atomic mass is 9.87. The number of aliphatic hydroxyl groups is 1. The van der Waals surface area contributed by atoms with E-state index in [-0.39, 0.29) is 12.1 Å². The lowest BCUT2D eigenvalue weighted by Crippen LogP contribution is -2.35. The Bertz CT molecular complexity index is 701. The number of amides is 2. The molecular weight excluding hydrogens is 322 g/mol. The summed E-state index contributed by atoms with van der Waals surface area (Å²) >= 11 is 1.60. The lowest BCUT2D eigenvalue weighted by Gasteiger charge is -2.25. The first-order valence-electron chi connectivity index (χ1n) is 8.35. The maximum absolute atomic E-state index is 12.1. The molecule has 2 atom stereocenters. The summed E-state index contributed by atoms with van der Waals surface area (Å²) in [5.74, 6) is 0.365. The Kier molecular flexibility index (Phi) is 5.48. The Balaban J connectivity index is 1.54. The first kappa shape index (κ1) is 16.9. The van der Waals surface area contributed by atoms with Crippen LogP contribution in [0.25, 0.3) is 10.6 Å². The molecule has 2 unspecified atom stereocenters. The number of hydrogen-bond donors (Lipinski definition) is 3. The van der Waals surface area contributed by atoms with Crippen LogP contribution in [0.3, 0.4) is 0 Å². The maximum Gasteiger partial charge on any atom is 0.319 e. The van der Waals surface area contributed by atoms with Crippen LogP contribution in [0.15, 0.2) is 29.6 Å². The first-order chi connectivity index (χ1) is 11.6. The molecule has 1 fully saturated rings. The molecule has 3 rings (SSSR count). The highest BCUT2D eigenvalue weighted by Gasteiger charge is 2.20. The molecular formula is C18H23N3O2S. The van der Waals surface area contributed by atoms with Gasteiger partial charge in [0.15, 0.2) is 0 Å². The molecule has 1 aromatic carbocycles. The smallest absolute Gasteiger partial charge is 0.319 e. The number of benzene rings is 1. The Morgan fingerprint density at radius 1 is 1.42 bits per heavy atom. The minimum atomic E-state index is -0.216. The quantitative estimate of drug-likeness (QED) is 0.789. The molecule has 1 aliphatic carbocycles. The number of carbonyl (C=O) groups excluding carboxylic acids is 1. The van der Waals surface area contributed by atoms with Gasteiger partial charge in [-0.1, -0.05) is 18.6 Å². The molecule has 6 heteroatoms. The number of thiazole rings is 1. The summed E-state index contributed by atoms with van der Waals surface area (Å²) < 4.78 is 0.